The van der Waals surface area contributed by atoms with Crippen LogP contribution in [0.3, 0.4) is 0 Å². The molecule has 1 N–H and O–H groups in total. The van der Waals surface area contributed by atoms with E-state index in [4.69, 9.17) is 25.8 Å². The van der Waals surface area contributed by atoms with Crippen molar-refractivity contribution in [3.8, 4) is 17.2 Å². The molecule has 1 aliphatic heterocycles. The summed E-state index contributed by atoms with van der Waals surface area (Å²) in [6.45, 7) is 0. The first-order valence-corrected chi connectivity index (χ1v) is 11.3. The van der Waals surface area contributed by atoms with Gasteiger partial charge in [0.05, 0.1) is 32.7 Å². The quantitative estimate of drug-likeness (QED) is 0.421. The Labute approximate surface area is 206 Å². The number of nitrogens with one attached hydrogen (secondary N) is 1. The highest BCUT2D eigenvalue weighted by molar-refractivity contribution is 8.04. The smallest absolute Gasteiger partial charge is 0.283 e. The summed E-state index contributed by atoms with van der Waals surface area (Å²) in [5, 5.41) is 3.69. The molecule has 1 heterocycles. The first kappa shape index (κ1) is 23.5. The van der Waals surface area contributed by atoms with Crippen LogP contribution in [0.4, 0.5) is 11.4 Å². The predicted octanol–water partition coefficient (Wildman–Crippen LogP) is 5.36. The first-order chi connectivity index (χ1) is 16.4. The second-order valence-corrected chi connectivity index (χ2v) is 8.62. The van der Waals surface area contributed by atoms with Crippen molar-refractivity contribution in [1.29, 1.82) is 0 Å². The number of benzene rings is 3. The molecule has 4 rings (SSSR count). The summed E-state index contributed by atoms with van der Waals surface area (Å²) in [4.78, 5) is 29.2. The third-order valence-corrected chi connectivity index (χ3v) is 6.41. The number of anilines is 2. The molecule has 0 saturated heterocycles. The predicted molar refractivity (Wildman–Crippen MR) is 133 cm³/mol. The van der Waals surface area contributed by atoms with Crippen LogP contribution in [0.1, 0.15) is 0 Å². The van der Waals surface area contributed by atoms with E-state index in [-0.39, 0.29) is 10.6 Å². The number of amides is 2. The minimum atomic E-state index is -0.489. The minimum absolute atomic E-state index is 0.132. The van der Waals surface area contributed by atoms with Crippen molar-refractivity contribution < 1.29 is 23.8 Å². The van der Waals surface area contributed by atoms with Gasteiger partial charge in [0, 0.05) is 16.0 Å². The van der Waals surface area contributed by atoms with Crippen LogP contribution in [0, 0.1) is 0 Å². The number of imide groups is 1. The number of ether oxygens (including phenoxy) is 3. The number of hydrogen-bond donors (Lipinski definition) is 1. The maximum absolute atomic E-state index is 13.5. The zero-order chi connectivity index (χ0) is 24.2. The SMILES string of the molecule is COc1ccc(N2C(=O)C(Nc3cc(OC)ccc3OC)=C(Sc3ccc(Cl)cc3)C2=O)cc1. The van der Waals surface area contributed by atoms with Gasteiger partial charge in [0.15, 0.2) is 0 Å². The summed E-state index contributed by atoms with van der Waals surface area (Å²) in [6, 6.07) is 18.9. The fourth-order valence-electron chi connectivity index (χ4n) is 3.35. The van der Waals surface area contributed by atoms with E-state index in [1.54, 1.807) is 80.9 Å². The second kappa shape index (κ2) is 10.1. The lowest BCUT2D eigenvalue weighted by molar-refractivity contribution is -0.120. The standard InChI is InChI=1S/C25H21ClN2O5S/c1-31-17-8-6-16(7-9-17)28-24(29)22(27-20-14-18(32-2)10-13-21(20)33-3)23(25(28)30)34-19-11-4-15(26)5-12-19/h4-14,27H,1-3H3. The van der Waals surface area contributed by atoms with Crippen LogP contribution in [-0.4, -0.2) is 33.1 Å². The fraction of sp³-hybridized carbons (Fsp3) is 0.120. The molecule has 0 fully saturated rings. The normalized spacial score (nSPS) is 13.4. The Kier molecular flexibility index (Phi) is 7.00. The molecule has 0 aromatic heterocycles. The monoisotopic (exact) mass is 496 g/mol. The van der Waals surface area contributed by atoms with Crippen molar-refractivity contribution in [2.45, 2.75) is 4.90 Å². The summed E-state index contributed by atoms with van der Waals surface area (Å²) in [7, 11) is 4.62. The average Bonchev–Trinajstić information content (AvgIpc) is 3.09. The third-order valence-electron chi connectivity index (χ3n) is 5.07. The molecule has 3 aromatic carbocycles. The molecule has 0 spiro atoms. The van der Waals surface area contributed by atoms with Crippen molar-refractivity contribution in [1.82, 2.24) is 0 Å². The summed E-state index contributed by atoms with van der Waals surface area (Å²) < 4.78 is 15.9. The van der Waals surface area contributed by atoms with Gasteiger partial charge in [0.1, 0.15) is 27.9 Å². The molecule has 7 nitrogen and oxygen atoms in total. The van der Waals surface area contributed by atoms with Gasteiger partial charge in [-0.2, -0.15) is 0 Å². The number of hydrogen-bond acceptors (Lipinski definition) is 7. The Balaban J connectivity index is 1.77. The number of thioether (sulfide) groups is 1. The number of nitrogens with zero attached hydrogens (tertiary/aromatic N) is 1. The third kappa shape index (κ3) is 4.69. The van der Waals surface area contributed by atoms with Gasteiger partial charge in [-0.05, 0) is 60.7 Å². The van der Waals surface area contributed by atoms with Crippen molar-refractivity contribution >= 4 is 46.6 Å². The van der Waals surface area contributed by atoms with Crippen molar-refractivity contribution in [2.75, 3.05) is 31.5 Å². The molecule has 0 radical (unpaired) electrons. The average molecular weight is 497 g/mol. The van der Waals surface area contributed by atoms with Crippen LogP contribution in [0.2, 0.25) is 5.02 Å². The molecule has 0 unspecified atom stereocenters. The van der Waals surface area contributed by atoms with Crippen LogP contribution >= 0.6 is 23.4 Å². The van der Waals surface area contributed by atoms with E-state index in [0.29, 0.717) is 33.6 Å². The van der Waals surface area contributed by atoms with Gasteiger partial charge >= 0.3 is 0 Å². The van der Waals surface area contributed by atoms with E-state index in [2.05, 4.69) is 5.32 Å². The van der Waals surface area contributed by atoms with Crippen LogP contribution in [0.5, 0.6) is 17.2 Å². The maximum atomic E-state index is 13.5. The van der Waals surface area contributed by atoms with Gasteiger partial charge in [-0.15, -0.1) is 0 Å². The van der Waals surface area contributed by atoms with Gasteiger partial charge in [-0.3, -0.25) is 9.59 Å². The Morgan fingerprint density at radius 1 is 0.794 bits per heavy atom. The molecule has 9 heteroatoms. The summed E-state index contributed by atoms with van der Waals surface area (Å²) in [6.07, 6.45) is 0. The maximum Gasteiger partial charge on any atom is 0.283 e. The lowest BCUT2D eigenvalue weighted by Gasteiger charge is -2.16. The van der Waals surface area contributed by atoms with Gasteiger partial charge in [0.25, 0.3) is 11.8 Å². The highest BCUT2D eigenvalue weighted by Gasteiger charge is 2.40. The molecule has 0 saturated carbocycles. The Morgan fingerprint density at radius 2 is 1.44 bits per heavy atom. The lowest BCUT2D eigenvalue weighted by atomic mass is 10.2. The van der Waals surface area contributed by atoms with Crippen molar-refractivity contribution in [3.63, 3.8) is 0 Å². The van der Waals surface area contributed by atoms with E-state index in [0.717, 1.165) is 9.80 Å². The van der Waals surface area contributed by atoms with Gasteiger partial charge in [0.2, 0.25) is 0 Å². The Bertz CT molecular complexity index is 1260. The zero-order valence-corrected chi connectivity index (χ0v) is 20.2. The van der Waals surface area contributed by atoms with Gasteiger partial charge in [-0.1, -0.05) is 23.4 Å². The zero-order valence-electron chi connectivity index (χ0n) is 18.6. The van der Waals surface area contributed by atoms with Crippen LogP contribution < -0.4 is 24.4 Å². The molecule has 0 aliphatic carbocycles. The summed E-state index contributed by atoms with van der Waals surface area (Å²) in [5.74, 6) is 0.744. The number of halogens is 1. The van der Waals surface area contributed by atoms with Crippen LogP contribution in [0.25, 0.3) is 0 Å². The van der Waals surface area contributed by atoms with E-state index >= 15 is 0 Å². The Morgan fingerprint density at radius 3 is 2.06 bits per heavy atom. The number of methoxy groups -OCH3 is 3. The first-order valence-electron chi connectivity index (χ1n) is 10.1. The van der Waals surface area contributed by atoms with E-state index in [1.165, 1.54) is 18.9 Å². The fourth-order valence-corrected chi connectivity index (χ4v) is 4.40. The summed E-state index contributed by atoms with van der Waals surface area (Å²) >= 11 is 7.19. The molecule has 1 aliphatic rings. The Hall–Kier alpha value is -3.62. The minimum Gasteiger partial charge on any atom is -0.497 e. The van der Waals surface area contributed by atoms with Crippen LogP contribution in [0.15, 0.2) is 82.2 Å². The molecule has 0 atom stereocenters. The van der Waals surface area contributed by atoms with Crippen molar-refractivity contribution in [2.24, 2.45) is 0 Å². The highest BCUT2D eigenvalue weighted by Crippen LogP contribution is 2.40. The highest BCUT2D eigenvalue weighted by atomic mass is 35.5. The molecular formula is C25H21ClN2O5S. The van der Waals surface area contributed by atoms with E-state index in [9.17, 15) is 9.59 Å². The van der Waals surface area contributed by atoms with Gasteiger partial charge < -0.3 is 19.5 Å². The van der Waals surface area contributed by atoms with E-state index < -0.39 is 11.8 Å². The molecular weight excluding hydrogens is 476 g/mol. The lowest BCUT2D eigenvalue weighted by Crippen LogP contribution is -2.32. The van der Waals surface area contributed by atoms with Gasteiger partial charge in [-0.25, -0.2) is 4.90 Å². The molecule has 0 bridgehead atoms. The van der Waals surface area contributed by atoms with E-state index in [1.807, 2.05) is 0 Å². The number of carbonyl (C=O) groups is 2. The van der Waals surface area contributed by atoms with Crippen LogP contribution in [-0.2, 0) is 9.59 Å². The number of rotatable bonds is 8. The number of carbonyl (C=O) groups excluding carboxylic acids is 2. The molecule has 174 valence electrons. The second-order valence-electron chi connectivity index (χ2n) is 7.10. The largest absolute Gasteiger partial charge is 0.497 e. The molecule has 34 heavy (non-hydrogen) atoms. The van der Waals surface area contributed by atoms with Crippen molar-refractivity contribution in [3.05, 3.63) is 82.4 Å². The topological polar surface area (TPSA) is 77.1 Å². The summed E-state index contributed by atoms with van der Waals surface area (Å²) in [5.41, 5.74) is 1.05. The molecule has 3 aromatic rings. The molecule has 2 amide bonds.